The van der Waals surface area contributed by atoms with Crippen LogP contribution in [0.15, 0.2) is 199 Å². The number of hydrogen-bond donors (Lipinski definition) is 0. The van der Waals surface area contributed by atoms with E-state index in [4.69, 9.17) is 4.42 Å². The van der Waals surface area contributed by atoms with Gasteiger partial charge in [-0.3, -0.25) is 0 Å². The Morgan fingerprint density at radius 3 is 1.78 bits per heavy atom. The number of benzene rings is 9. The van der Waals surface area contributed by atoms with Crippen molar-refractivity contribution < 1.29 is 4.42 Å². The third-order valence-corrected chi connectivity index (χ3v) is 12.5. The number of hydrogen-bond acceptors (Lipinski definition) is 2. The Morgan fingerprint density at radius 2 is 0.983 bits per heavy atom. The molecule has 9 aromatic carbocycles. The van der Waals surface area contributed by atoms with Gasteiger partial charge in [0.15, 0.2) is 0 Å². The van der Waals surface area contributed by atoms with Crippen LogP contribution in [-0.2, 0) is 0 Å². The van der Waals surface area contributed by atoms with E-state index in [1.807, 2.05) is 12.1 Å². The first-order chi connectivity index (χ1) is 28.7. The van der Waals surface area contributed by atoms with Crippen LogP contribution in [0.4, 0.5) is 17.1 Å². The highest BCUT2D eigenvalue weighted by molar-refractivity contribution is 6.07. The molecule has 278 valence electrons. The maximum atomic E-state index is 6.16. The van der Waals surface area contributed by atoms with Crippen LogP contribution >= 0.6 is 0 Å². The fraction of sp³-hybridized carbons (Fsp3) is 0.107. The minimum Gasteiger partial charge on any atom is -0.456 e. The van der Waals surface area contributed by atoms with Crippen LogP contribution < -0.4 is 4.90 Å². The molecular formula is C56H43NO. The molecule has 1 aliphatic rings. The molecule has 0 unspecified atom stereocenters. The van der Waals surface area contributed by atoms with Gasteiger partial charge in [0.1, 0.15) is 11.2 Å². The zero-order chi connectivity index (χ0) is 38.4. The number of anilines is 3. The van der Waals surface area contributed by atoms with Gasteiger partial charge in [-0.15, -0.1) is 0 Å². The van der Waals surface area contributed by atoms with E-state index >= 15 is 0 Å². The van der Waals surface area contributed by atoms with Gasteiger partial charge in [-0.25, -0.2) is 0 Å². The van der Waals surface area contributed by atoms with E-state index in [0.717, 1.165) is 39.0 Å². The van der Waals surface area contributed by atoms with E-state index in [1.165, 1.54) is 92.6 Å². The van der Waals surface area contributed by atoms with Crippen LogP contribution in [0.2, 0.25) is 0 Å². The molecular weight excluding hydrogens is 703 g/mol. The Bertz CT molecular complexity index is 3090. The number of nitrogens with zero attached hydrogens (tertiary/aromatic N) is 1. The molecule has 11 rings (SSSR count). The van der Waals surface area contributed by atoms with Crippen LogP contribution in [0.1, 0.15) is 43.6 Å². The van der Waals surface area contributed by atoms with Gasteiger partial charge in [0.25, 0.3) is 0 Å². The maximum Gasteiger partial charge on any atom is 0.135 e. The minimum atomic E-state index is 0.594. The molecule has 1 fully saturated rings. The molecule has 0 amide bonds. The van der Waals surface area contributed by atoms with Crippen molar-refractivity contribution in [1.29, 1.82) is 0 Å². The van der Waals surface area contributed by atoms with Gasteiger partial charge in [0.05, 0.1) is 5.69 Å². The van der Waals surface area contributed by atoms with Crippen molar-refractivity contribution in [2.75, 3.05) is 4.90 Å². The molecule has 0 N–H and O–H groups in total. The summed E-state index contributed by atoms with van der Waals surface area (Å²) in [4.78, 5) is 2.44. The Labute approximate surface area is 339 Å². The lowest BCUT2D eigenvalue weighted by Crippen LogP contribution is -2.11. The van der Waals surface area contributed by atoms with Crippen LogP contribution in [0.3, 0.4) is 0 Å². The van der Waals surface area contributed by atoms with Crippen LogP contribution in [0.5, 0.6) is 0 Å². The van der Waals surface area contributed by atoms with Crippen molar-refractivity contribution in [2.24, 2.45) is 0 Å². The highest BCUT2D eigenvalue weighted by Gasteiger charge is 2.23. The number of rotatable bonds is 7. The van der Waals surface area contributed by atoms with E-state index in [1.54, 1.807) is 0 Å². The first-order valence-corrected chi connectivity index (χ1v) is 20.8. The second-order valence-corrected chi connectivity index (χ2v) is 15.9. The Morgan fingerprint density at radius 1 is 0.397 bits per heavy atom. The summed E-state index contributed by atoms with van der Waals surface area (Å²) in [6, 6.07) is 71.1. The largest absolute Gasteiger partial charge is 0.456 e. The zero-order valence-electron chi connectivity index (χ0n) is 32.4. The quantitative estimate of drug-likeness (QED) is 0.162. The summed E-state index contributed by atoms with van der Waals surface area (Å²) < 4.78 is 6.16. The second-order valence-electron chi connectivity index (χ2n) is 15.9. The fourth-order valence-electron chi connectivity index (χ4n) is 9.55. The van der Waals surface area contributed by atoms with Gasteiger partial charge in [0, 0.05) is 27.7 Å². The lowest BCUT2D eigenvalue weighted by atomic mass is 9.80. The second kappa shape index (κ2) is 14.6. The van der Waals surface area contributed by atoms with Crippen molar-refractivity contribution in [3.05, 3.63) is 200 Å². The molecule has 1 saturated carbocycles. The highest BCUT2D eigenvalue weighted by Crippen LogP contribution is 2.46. The summed E-state index contributed by atoms with van der Waals surface area (Å²) in [5.74, 6) is 0.594. The molecule has 0 spiro atoms. The normalized spacial score (nSPS) is 13.4. The summed E-state index contributed by atoms with van der Waals surface area (Å²) >= 11 is 0. The summed E-state index contributed by atoms with van der Waals surface area (Å²) in [5, 5.41) is 7.50. The van der Waals surface area contributed by atoms with E-state index in [0.29, 0.717) is 5.92 Å². The monoisotopic (exact) mass is 745 g/mol. The van der Waals surface area contributed by atoms with Crippen LogP contribution in [-0.4, -0.2) is 0 Å². The van der Waals surface area contributed by atoms with Gasteiger partial charge >= 0.3 is 0 Å². The Hall–Kier alpha value is -6.90. The molecule has 1 heterocycles. The molecule has 0 atom stereocenters. The predicted molar refractivity (Wildman–Crippen MR) is 246 cm³/mol. The SMILES string of the molecule is c1ccc(N(c2ccc(-c3ccc4ccccc4c3)cc2)c2ccc(-c3ccc4oc5ccccc5c4c3)cc2)c(-c2cccc3cccc(C4CCCCC4)c23)c1. The topological polar surface area (TPSA) is 16.4 Å². The fourth-order valence-corrected chi connectivity index (χ4v) is 9.55. The first kappa shape index (κ1) is 34.4. The van der Waals surface area contributed by atoms with Crippen molar-refractivity contribution >= 4 is 60.5 Å². The maximum absolute atomic E-state index is 6.16. The van der Waals surface area contributed by atoms with Crippen LogP contribution in [0.25, 0.3) is 76.9 Å². The van der Waals surface area contributed by atoms with Gasteiger partial charge in [-0.05, 0) is 128 Å². The first-order valence-electron chi connectivity index (χ1n) is 20.8. The number of fused-ring (bicyclic) bond motifs is 5. The lowest BCUT2D eigenvalue weighted by Gasteiger charge is -2.29. The number of furan rings is 1. The molecule has 0 bridgehead atoms. The average molecular weight is 746 g/mol. The van der Waals surface area contributed by atoms with Gasteiger partial charge < -0.3 is 9.32 Å². The average Bonchev–Trinajstić information content (AvgIpc) is 3.68. The third-order valence-electron chi connectivity index (χ3n) is 12.5. The Balaban J connectivity index is 1.05. The van der Waals surface area contributed by atoms with E-state index in [-0.39, 0.29) is 0 Å². The summed E-state index contributed by atoms with van der Waals surface area (Å²) in [6.07, 6.45) is 6.50. The molecule has 0 aliphatic heterocycles. The molecule has 1 aromatic heterocycles. The van der Waals surface area contributed by atoms with E-state index in [2.05, 4.69) is 187 Å². The summed E-state index contributed by atoms with van der Waals surface area (Å²) in [7, 11) is 0. The lowest BCUT2D eigenvalue weighted by molar-refractivity contribution is 0.445. The summed E-state index contributed by atoms with van der Waals surface area (Å²) in [5.41, 5.74) is 14.0. The van der Waals surface area contributed by atoms with Gasteiger partial charge in [-0.1, -0.05) is 159 Å². The van der Waals surface area contributed by atoms with E-state index in [9.17, 15) is 0 Å². The summed E-state index contributed by atoms with van der Waals surface area (Å²) in [6.45, 7) is 0. The van der Waals surface area contributed by atoms with Gasteiger partial charge in [-0.2, -0.15) is 0 Å². The van der Waals surface area contributed by atoms with Crippen molar-refractivity contribution in [1.82, 2.24) is 0 Å². The third kappa shape index (κ3) is 6.13. The highest BCUT2D eigenvalue weighted by atomic mass is 16.3. The number of para-hydroxylation sites is 2. The predicted octanol–water partition coefficient (Wildman–Crippen LogP) is 16.4. The zero-order valence-corrected chi connectivity index (χ0v) is 32.4. The van der Waals surface area contributed by atoms with E-state index < -0.39 is 0 Å². The minimum absolute atomic E-state index is 0.594. The molecule has 1 aliphatic carbocycles. The Kier molecular flexibility index (Phi) is 8.62. The smallest absolute Gasteiger partial charge is 0.135 e. The van der Waals surface area contributed by atoms with Crippen molar-refractivity contribution in [3.8, 4) is 33.4 Å². The van der Waals surface area contributed by atoms with Gasteiger partial charge in [0.2, 0.25) is 0 Å². The van der Waals surface area contributed by atoms with Crippen molar-refractivity contribution in [2.45, 2.75) is 38.0 Å². The molecule has 58 heavy (non-hydrogen) atoms. The standard InChI is InChI=1S/C56H43NO/c1-2-13-41(14-3-1)48-20-10-16-42-17-11-21-51(56(42)48)49-18-6-8-22-53(49)57(46-31-26-39(27-32-46)44-25-24-38-12-4-5-15-43(38)36-44)47-33-28-40(29-34-47)45-30-35-55-52(37-45)50-19-7-9-23-54(50)58-55/h4-12,15-37,41H,1-3,13-14H2. The molecule has 2 nitrogen and oxygen atoms in total. The van der Waals surface area contributed by atoms with Crippen LogP contribution in [0, 0.1) is 0 Å². The van der Waals surface area contributed by atoms with Crippen molar-refractivity contribution in [3.63, 3.8) is 0 Å². The molecule has 0 radical (unpaired) electrons. The molecule has 10 aromatic rings. The molecule has 2 heteroatoms. The molecule has 0 saturated heterocycles.